The molecule has 0 spiro atoms. The molecule has 0 aliphatic heterocycles. The zero-order valence-electron chi connectivity index (χ0n) is 10.7. The van der Waals surface area contributed by atoms with Crippen molar-refractivity contribution in [3.05, 3.63) is 0 Å². The van der Waals surface area contributed by atoms with E-state index in [-0.39, 0.29) is 11.4 Å². The van der Waals surface area contributed by atoms with Crippen molar-refractivity contribution < 1.29 is 4.79 Å². The summed E-state index contributed by atoms with van der Waals surface area (Å²) in [4.78, 5) is 11.9. The van der Waals surface area contributed by atoms with Gasteiger partial charge in [0.1, 0.15) is 0 Å². The third-order valence-electron chi connectivity index (χ3n) is 3.71. The first-order valence-corrected chi connectivity index (χ1v) is 6.68. The summed E-state index contributed by atoms with van der Waals surface area (Å²) in [7, 11) is 0. The maximum atomic E-state index is 11.9. The van der Waals surface area contributed by atoms with Gasteiger partial charge in [0.15, 0.2) is 0 Å². The van der Waals surface area contributed by atoms with Gasteiger partial charge < -0.3 is 11.1 Å². The second-order valence-corrected chi connectivity index (χ2v) is 5.18. The first kappa shape index (κ1) is 13.5. The molecule has 3 heteroatoms. The van der Waals surface area contributed by atoms with E-state index in [2.05, 4.69) is 19.2 Å². The fraction of sp³-hybridized carbons (Fsp3) is 0.923. The van der Waals surface area contributed by atoms with Gasteiger partial charge in [0.25, 0.3) is 0 Å². The highest BCUT2D eigenvalue weighted by molar-refractivity contribution is 5.77. The van der Waals surface area contributed by atoms with E-state index in [9.17, 15) is 4.79 Å². The van der Waals surface area contributed by atoms with Gasteiger partial charge in [-0.2, -0.15) is 0 Å². The summed E-state index contributed by atoms with van der Waals surface area (Å²) in [6.45, 7) is 4.21. The molecule has 94 valence electrons. The molecule has 0 atom stereocenters. The van der Waals surface area contributed by atoms with Crippen LogP contribution < -0.4 is 11.1 Å². The fourth-order valence-corrected chi connectivity index (χ4v) is 2.52. The Labute approximate surface area is 99.2 Å². The van der Waals surface area contributed by atoms with Gasteiger partial charge in [-0.15, -0.1) is 0 Å². The maximum Gasteiger partial charge on any atom is 0.222 e. The van der Waals surface area contributed by atoms with E-state index in [0.29, 0.717) is 12.5 Å². The lowest BCUT2D eigenvalue weighted by molar-refractivity contribution is -0.123. The van der Waals surface area contributed by atoms with Crippen LogP contribution in [0.5, 0.6) is 0 Å². The van der Waals surface area contributed by atoms with Crippen LogP contribution in [0.4, 0.5) is 0 Å². The smallest absolute Gasteiger partial charge is 0.222 e. The molecule has 0 aromatic carbocycles. The van der Waals surface area contributed by atoms with Crippen LogP contribution in [0.25, 0.3) is 0 Å². The molecule has 0 saturated heterocycles. The Morgan fingerprint density at radius 2 is 1.81 bits per heavy atom. The number of hydrogen-bond acceptors (Lipinski definition) is 2. The van der Waals surface area contributed by atoms with E-state index in [1.807, 2.05) is 0 Å². The van der Waals surface area contributed by atoms with E-state index in [4.69, 9.17) is 5.73 Å². The fourth-order valence-electron chi connectivity index (χ4n) is 2.52. The SMILES string of the molecule is CCC(CC)NC(=O)CC1(N)CCCCC1. The molecular weight excluding hydrogens is 200 g/mol. The summed E-state index contributed by atoms with van der Waals surface area (Å²) in [5.41, 5.74) is 6.03. The molecule has 16 heavy (non-hydrogen) atoms. The average Bonchev–Trinajstić information content (AvgIpc) is 2.26. The largest absolute Gasteiger partial charge is 0.353 e. The van der Waals surface area contributed by atoms with Crippen molar-refractivity contribution in [2.24, 2.45) is 5.73 Å². The standard InChI is InChI=1S/C13H26N2O/c1-3-11(4-2)15-12(16)10-13(14)8-6-5-7-9-13/h11H,3-10,14H2,1-2H3,(H,15,16). The van der Waals surface area contributed by atoms with Gasteiger partial charge in [0, 0.05) is 18.0 Å². The summed E-state index contributed by atoms with van der Waals surface area (Å²) in [6, 6.07) is 0.319. The van der Waals surface area contributed by atoms with Crippen LogP contribution in [-0.2, 0) is 4.79 Å². The Morgan fingerprint density at radius 3 is 2.31 bits per heavy atom. The van der Waals surface area contributed by atoms with E-state index in [1.165, 1.54) is 19.3 Å². The molecule has 0 radical (unpaired) electrons. The molecule has 1 rings (SSSR count). The predicted octanol–water partition coefficient (Wildman–Crippen LogP) is 2.34. The number of hydrogen-bond donors (Lipinski definition) is 2. The zero-order chi connectivity index (χ0) is 12.0. The highest BCUT2D eigenvalue weighted by Gasteiger charge is 2.30. The molecule has 3 nitrogen and oxygen atoms in total. The Kier molecular flexibility index (Phi) is 5.26. The monoisotopic (exact) mass is 226 g/mol. The minimum absolute atomic E-state index is 0.137. The molecule has 1 aliphatic carbocycles. The third kappa shape index (κ3) is 4.12. The van der Waals surface area contributed by atoms with Gasteiger partial charge in [-0.05, 0) is 25.7 Å². The van der Waals surface area contributed by atoms with Crippen molar-refractivity contribution in [2.75, 3.05) is 0 Å². The lowest BCUT2D eigenvalue weighted by Gasteiger charge is -2.33. The van der Waals surface area contributed by atoms with Gasteiger partial charge >= 0.3 is 0 Å². The van der Waals surface area contributed by atoms with E-state index in [0.717, 1.165) is 25.7 Å². The summed E-state index contributed by atoms with van der Waals surface area (Å²) >= 11 is 0. The number of nitrogens with two attached hydrogens (primary N) is 1. The molecule has 1 aliphatic rings. The van der Waals surface area contributed by atoms with Crippen molar-refractivity contribution in [3.8, 4) is 0 Å². The lowest BCUT2D eigenvalue weighted by Crippen LogP contribution is -2.47. The van der Waals surface area contributed by atoms with Crippen LogP contribution in [0, 0.1) is 0 Å². The normalized spacial score (nSPS) is 19.8. The van der Waals surface area contributed by atoms with Crippen LogP contribution in [0.1, 0.15) is 65.2 Å². The van der Waals surface area contributed by atoms with Crippen LogP contribution in [0.15, 0.2) is 0 Å². The molecule has 0 bridgehead atoms. The van der Waals surface area contributed by atoms with E-state index < -0.39 is 0 Å². The van der Waals surface area contributed by atoms with Crippen molar-refractivity contribution in [1.29, 1.82) is 0 Å². The third-order valence-corrected chi connectivity index (χ3v) is 3.71. The second kappa shape index (κ2) is 6.24. The molecule has 3 N–H and O–H groups in total. The molecule has 1 saturated carbocycles. The second-order valence-electron chi connectivity index (χ2n) is 5.18. The Hall–Kier alpha value is -0.570. The first-order chi connectivity index (χ1) is 7.59. The lowest BCUT2D eigenvalue weighted by atomic mass is 9.80. The van der Waals surface area contributed by atoms with E-state index >= 15 is 0 Å². The summed E-state index contributed by atoms with van der Waals surface area (Å²) in [5, 5.41) is 3.07. The molecular formula is C13H26N2O. The van der Waals surface area contributed by atoms with Crippen molar-refractivity contribution in [1.82, 2.24) is 5.32 Å². The van der Waals surface area contributed by atoms with Gasteiger partial charge in [-0.1, -0.05) is 33.1 Å². The Bertz CT molecular complexity index is 218. The number of carbonyl (C=O) groups excluding carboxylic acids is 1. The van der Waals surface area contributed by atoms with Crippen LogP contribution in [0.2, 0.25) is 0 Å². The van der Waals surface area contributed by atoms with Crippen LogP contribution in [-0.4, -0.2) is 17.5 Å². The van der Waals surface area contributed by atoms with E-state index in [1.54, 1.807) is 0 Å². The topological polar surface area (TPSA) is 55.1 Å². The van der Waals surface area contributed by atoms with Crippen molar-refractivity contribution in [3.63, 3.8) is 0 Å². The molecule has 1 fully saturated rings. The van der Waals surface area contributed by atoms with Crippen molar-refractivity contribution >= 4 is 5.91 Å². The Balaban J connectivity index is 2.37. The summed E-state index contributed by atoms with van der Waals surface area (Å²) in [5.74, 6) is 0.137. The zero-order valence-corrected chi connectivity index (χ0v) is 10.7. The first-order valence-electron chi connectivity index (χ1n) is 6.68. The molecule has 0 heterocycles. The number of nitrogens with one attached hydrogen (secondary N) is 1. The van der Waals surface area contributed by atoms with Crippen molar-refractivity contribution in [2.45, 2.75) is 76.8 Å². The van der Waals surface area contributed by atoms with Gasteiger partial charge in [0.05, 0.1) is 0 Å². The molecule has 0 aromatic heterocycles. The number of rotatable bonds is 5. The maximum absolute atomic E-state index is 11.9. The average molecular weight is 226 g/mol. The molecule has 0 aromatic rings. The summed E-state index contributed by atoms with van der Waals surface area (Å²) in [6.07, 6.45) is 8.13. The molecule has 1 amide bonds. The summed E-state index contributed by atoms with van der Waals surface area (Å²) < 4.78 is 0. The predicted molar refractivity (Wildman–Crippen MR) is 67.1 cm³/mol. The van der Waals surface area contributed by atoms with Crippen LogP contribution in [0.3, 0.4) is 0 Å². The minimum atomic E-state index is -0.228. The highest BCUT2D eigenvalue weighted by Crippen LogP contribution is 2.28. The van der Waals surface area contributed by atoms with Gasteiger partial charge in [-0.25, -0.2) is 0 Å². The minimum Gasteiger partial charge on any atom is -0.353 e. The van der Waals surface area contributed by atoms with Gasteiger partial charge in [0.2, 0.25) is 5.91 Å². The highest BCUT2D eigenvalue weighted by atomic mass is 16.1. The molecule has 0 unspecified atom stereocenters. The number of amides is 1. The quantitative estimate of drug-likeness (QED) is 0.756. The van der Waals surface area contributed by atoms with Crippen LogP contribution >= 0.6 is 0 Å². The Morgan fingerprint density at radius 1 is 1.25 bits per heavy atom. The van der Waals surface area contributed by atoms with Gasteiger partial charge in [-0.3, -0.25) is 4.79 Å². The number of carbonyl (C=O) groups is 1.